The van der Waals surface area contributed by atoms with Gasteiger partial charge in [-0.05, 0) is 36.7 Å². The Balaban J connectivity index is 0.00000364. The summed E-state index contributed by atoms with van der Waals surface area (Å²) in [5.74, 6) is 1.47. The molecule has 1 aromatic rings. The summed E-state index contributed by atoms with van der Waals surface area (Å²) in [6, 6.07) is 4.00. The second-order valence-electron chi connectivity index (χ2n) is 7.93. The molecule has 0 bridgehead atoms. The van der Waals surface area contributed by atoms with Gasteiger partial charge in [0.25, 0.3) is 0 Å². The Morgan fingerprint density at radius 2 is 1.96 bits per heavy atom. The van der Waals surface area contributed by atoms with E-state index < -0.39 is 0 Å². The van der Waals surface area contributed by atoms with E-state index in [2.05, 4.69) is 41.4 Å². The zero-order chi connectivity index (χ0) is 19.0. The van der Waals surface area contributed by atoms with Crippen LogP contribution < -0.4 is 15.4 Å². The Morgan fingerprint density at radius 3 is 2.48 bits per heavy atom. The summed E-state index contributed by atoms with van der Waals surface area (Å²) in [4.78, 5) is 8.69. The summed E-state index contributed by atoms with van der Waals surface area (Å²) in [6.45, 7) is 7.86. The summed E-state index contributed by atoms with van der Waals surface area (Å²) in [5, 5.41) is 6.64. The molecule has 27 heavy (non-hydrogen) atoms. The number of aliphatic imine (C=N–C) groups is 1. The van der Waals surface area contributed by atoms with Gasteiger partial charge in [-0.15, -0.1) is 24.0 Å². The molecule has 0 aromatic carbocycles. The van der Waals surface area contributed by atoms with E-state index in [9.17, 15) is 0 Å². The van der Waals surface area contributed by atoms with E-state index in [1.165, 1.54) is 12.8 Å². The molecule has 1 fully saturated rings. The number of guanidine groups is 1. The van der Waals surface area contributed by atoms with Gasteiger partial charge in [0.1, 0.15) is 6.10 Å². The molecule has 154 valence electrons. The predicted molar refractivity (Wildman–Crippen MR) is 121 cm³/mol. The lowest BCUT2D eigenvalue weighted by Gasteiger charge is -2.30. The van der Waals surface area contributed by atoms with Gasteiger partial charge < -0.3 is 20.1 Å². The highest BCUT2D eigenvalue weighted by Crippen LogP contribution is 2.23. The van der Waals surface area contributed by atoms with Crippen molar-refractivity contribution in [2.45, 2.75) is 65.2 Å². The van der Waals surface area contributed by atoms with E-state index in [-0.39, 0.29) is 35.5 Å². The number of aromatic nitrogens is 1. The van der Waals surface area contributed by atoms with Gasteiger partial charge in [0.05, 0.1) is 6.10 Å². The Kier molecular flexibility index (Phi) is 10.4. The van der Waals surface area contributed by atoms with Crippen LogP contribution in [0.4, 0.5) is 0 Å². The third-order valence-electron chi connectivity index (χ3n) is 4.78. The van der Waals surface area contributed by atoms with Gasteiger partial charge in [-0.25, -0.2) is 4.98 Å². The number of hydrogen-bond acceptors (Lipinski definition) is 4. The van der Waals surface area contributed by atoms with Gasteiger partial charge in [0.2, 0.25) is 5.88 Å². The predicted octanol–water partition coefficient (Wildman–Crippen LogP) is 3.75. The van der Waals surface area contributed by atoms with Gasteiger partial charge in [-0.3, -0.25) is 4.99 Å². The zero-order valence-electron chi connectivity index (χ0n) is 17.2. The number of ether oxygens (including phenoxy) is 2. The maximum Gasteiger partial charge on any atom is 0.213 e. The molecule has 7 heteroatoms. The van der Waals surface area contributed by atoms with E-state index in [1.807, 2.05) is 18.3 Å². The molecule has 0 amide bonds. The fourth-order valence-corrected chi connectivity index (χ4v) is 3.10. The maximum absolute atomic E-state index is 5.90. The van der Waals surface area contributed by atoms with Gasteiger partial charge >= 0.3 is 0 Å². The molecule has 0 aliphatic heterocycles. The van der Waals surface area contributed by atoms with Crippen molar-refractivity contribution in [1.29, 1.82) is 0 Å². The average molecular weight is 490 g/mol. The van der Waals surface area contributed by atoms with Crippen molar-refractivity contribution < 1.29 is 9.47 Å². The summed E-state index contributed by atoms with van der Waals surface area (Å²) in [5.41, 5.74) is 1.16. The SMILES string of the molecule is CN=C(NCc1ccc(OC2CCCC2)nc1)NCC(OC)C(C)(C)C.I. The molecule has 0 saturated heterocycles. The topological polar surface area (TPSA) is 67.8 Å². The maximum atomic E-state index is 5.90. The second kappa shape index (κ2) is 11.7. The number of hydrogen-bond donors (Lipinski definition) is 2. The smallest absolute Gasteiger partial charge is 0.213 e. The Morgan fingerprint density at radius 1 is 1.26 bits per heavy atom. The monoisotopic (exact) mass is 490 g/mol. The highest BCUT2D eigenvalue weighted by molar-refractivity contribution is 14.0. The van der Waals surface area contributed by atoms with Crippen molar-refractivity contribution in [2.24, 2.45) is 10.4 Å². The third kappa shape index (κ3) is 8.21. The van der Waals surface area contributed by atoms with Gasteiger partial charge in [0, 0.05) is 39.5 Å². The number of pyridine rings is 1. The minimum absolute atomic E-state index is 0. The van der Waals surface area contributed by atoms with Crippen molar-refractivity contribution in [3.8, 4) is 5.88 Å². The molecule has 1 aromatic heterocycles. The van der Waals surface area contributed by atoms with Gasteiger partial charge in [0.15, 0.2) is 5.96 Å². The van der Waals surface area contributed by atoms with Crippen molar-refractivity contribution >= 4 is 29.9 Å². The Bertz CT molecular complexity index is 566. The second-order valence-corrected chi connectivity index (χ2v) is 7.93. The molecule has 0 spiro atoms. The molecular weight excluding hydrogens is 455 g/mol. The lowest BCUT2D eigenvalue weighted by molar-refractivity contribution is 0.0205. The number of methoxy groups -OCH3 is 1. The first kappa shape index (κ1) is 23.9. The largest absolute Gasteiger partial charge is 0.474 e. The summed E-state index contributed by atoms with van der Waals surface area (Å²) >= 11 is 0. The van der Waals surface area contributed by atoms with Crippen LogP contribution in [0.25, 0.3) is 0 Å². The highest BCUT2D eigenvalue weighted by Gasteiger charge is 2.24. The van der Waals surface area contributed by atoms with Crippen LogP contribution in [-0.2, 0) is 11.3 Å². The van der Waals surface area contributed by atoms with Crippen LogP contribution in [0.2, 0.25) is 0 Å². The number of rotatable bonds is 7. The minimum atomic E-state index is 0. The number of nitrogens with zero attached hydrogens (tertiary/aromatic N) is 2. The lowest BCUT2D eigenvalue weighted by Crippen LogP contribution is -2.45. The first-order valence-electron chi connectivity index (χ1n) is 9.51. The summed E-state index contributed by atoms with van der Waals surface area (Å²) in [7, 11) is 3.51. The Hall–Kier alpha value is -1.09. The van der Waals surface area contributed by atoms with Crippen LogP contribution in [0.3, 0.4) is 0 Å². The molecule has 6 nitrogen and oxygen atoms in total. The van der Waals surface area contributed by atoms with Crippen LogP contribution in [0.5, 0.6) is 5.88 Å². The van der Waals surface area contributed by atoms with Crippen molar-refractivity contribution in [1.82, 2.24) is 15.6 Å². The van der Waals surface area contributed by atoms with Crippen LogP contribution in [-0.4, -0.2) is 43.9 Å². The van der Waals surface area contributed by atoms with Crippen LogP contribution in [0.1, 0.15) is 52.0 Å². The molecule has 0 radical (unpaired) electrons. The summed E-state index contributed by atoms with van der Waals surface area (Å²) < 4.78 is 11.5. The van der Waals surface area contributed by atoms with E-state index in [1.54, 1.807) is 14.2 Å². The molecule has 1 unspecified atom stereocenters. The molecule has 2 rings (SSSR count). The molecule has 1 saturated carbocycles. The molecule has 1 aliphatic rings. The molecule has 1 aliphatic carbocycles. The quantitative estimate of drug-likeness (QED) is 0.346. The third-order valence-corrected chi connectivity index (χ3v) is 4.78. The Labute approximate surface area is 180 Å². The molecule has 1 atom stereocenters. The summed E-state index contributed by atoms with van der Waals surface area (Å²) in [6.07, 6.45) is 7.11. The first-order chi connectivity index (χ1) is 12.4. The normalized spacial score (nSPS) is 16.6. The number of nitrogens with one attached hydrogen (secondary N) is 2. The fraction of sp³-hybridized carbons (Fsp3) is 0.700. The minimum Gasteiger partial charge on any atom is -0.474 e. The van der Waals surface area contributed by atoms with E-state index in [0.29, 0.717) is 19.2 Å². The molecule has 2 N–H and O–H groups in total. The molecular formula is C20H35IN4O2. The van der Waals surface area contributed by atoms with Crippen molar-refractivity contribution in [3.05, 3.63) is 23.9 Å². The fourth-order valence-electron chi connectivity index (χ4n) is 3.10. The van der Waals surface area contributed by atoms with E-state index in [4.69, 9.17) is 9.47 Å². The van der Waals surface area contributed by atoms with E-state index in [0.717, 1.165) is 30.2 Å². The molecule has 1 heterocycles. The van der Waals surface area contributed by atoms with Crippen molar-refractivity contribution in [2.75, 3.05) is 20.7 Å². The van der Waals surface area contributed by atoms with Crippen LogP contribution in [0, 0.1) is 5.41 Å². The van der Waals surface area contributed by atoms with Gasteiger partial charge in [-0.2, -0.15) is 0 Å². The highest BCUT2D eigenvalue weighted by atomic mass is 127. The van der Waals surface area contributed by atoms with Crippen molar-refractivity contribution in [3.63, 3.8) is 0 Å². The van der Waals surface area contributed by atoms with E-state index >= 15 is 0 Å². The first-order valence-corrected chi connectivity index (χ1v) is 9.51. The average Bonchev–Trinajstić information content (AvgIpc) is 3.11. The standard InChI is InChI=1S/C20H34N4O2.HI/c1-20(2,3)17(25-5)14-24-19(21-4)23-13-15-10-11-18(22-12-15)26-16-8-6-7-9-16;/h10-12,16-17H,6-9,13-14H2,1-5H3,(H2,21,23,24);1H. The van der Waals surface area contributed by atoms with Crippen LogP contribution in [0.15, 0.2) is 23.3 Å². The lowest BCUT2D eigenvalue weighted by atomic mass is 9.89. The number of halogens is 1. The van der Waals surface area contributed by atoms with Gasteiger partial charge in [-0.1, -0.05) is 26.8 Å². The van der Waals surface area contributed by atoms with Crippen LogP contribution >= 0.6 is 24.0 Å². The zero-order valence-corrected chi connectivity index (χ0v) is 19.6.